The molecule has 1 aromatic heterocycles. The maximum atomic E-state index is 11.0. The summed E-state index contributed by atoms with van der Waals surface area (Å²) in [6.07, 6.45) is 1.19. The smallest absolute Gasteiger partial charge is 0.348 e. The molecule has 0 amide bonds. The number of halogens is 1. The Morgan fingerprint density at radius 1 is 1.32 bits per heavy atom. The predicted molar refractivity (Wildman–Crippen MR) is 69.7 cm³/mol. The topological polar surface area (TPSA) is 90.6 Å². The molecular formula is C10H15ClN4O4. The first-order valence-electron chi connectivity index (χ1n) is 5.49. The van der Waals surface area contributed by atoms with Gasteiger partial charge in [-0.3, -0.25) is 10.1 Å². The van der Waals surface area contributed by atoms with Crippen LogP contribution >= 0.6 is 11.6 Å². The molecule has 0 saturated carbocycles. The lowest BCUT2D eigenvalue weighted by molar-refractivity contribution is -0.384. The van der Waals surface area contributed by atoms with Gasteiger partial charge in [0, 0.05) is 27.3 Å². The first kappa shape index (κ1) is 15.5. The maximum Gasteiger partial charge on any atom is 0.348 e. The highest BCUT2D eigenvalue weighted by Crippen LogP contribution is 2.30. The molecule has 0 spiro atoms. The van der Waals surface area contributed by atoms with Crippen LogP contribution in [0, 0.1) is 10.1 Å². The number of methoxy groups -OCH3 is 2. The van der Waals surface area contributed by atoms with E-state index in [4.69, 9.17) is 21.1 Å². The molecule has 1 heterocycles. The maximum absolute atomic E-state index is 11.0. The van der Waals surface area contributed by atoms with Crippen LogP contribution in [0.4, 0.5) is 11.5 Å². The van der Waals surface area contributed by atoms with E-state index < -0.39 is 4.92 Å². The summed E-state index contributed by atoms with van der Waals surface area (Å²) in [4.78, 5) is 19.7. The highest BCUT2D eigenvalue weighted by Gasteiger charge is 2.25. The molecule has 0 aliphatic carbocycles. The molecule has 19 heavy (non-hydrogen) atoms. The molecule has 0 unspecified atom stereocenters. The summed E-state index contributed by atoms with van der Waals surface area (Å²) in [5, 5.41) is 10.9. The Bertz CT molecular complexity index is 424. The fraction of sp³-hybridized carbons (Fsp3) is 0.600. The van der Waals surface area contributed by atoms with Gasteiger partial charge in [0.1, 0.15) is 6.33 Å². The summed E-state index contributed by atoms with van der Waals surface area (Å²) in [5.74, 6) is 0.166. The van der Waals surface area contributed by atoms with Gasteiger partial charge in [0.05, 0.1) is 18.1 Å². The Morgan fingerprint density at radius 2 is 1.89 bits per heavy atom. The van der Waals surface area contributed by atoms with Crippen LogP contribution in [0.2, 0.25) is 5.15 Å². The second-order valence-electron chi connectivity index (χ2n) is 3.57. The number of anilines is 1. The van der Waals surface area contributed by atoms with Crippen LogP contribution in [-0.2, 0) is 9.47 Å². The third-order valence-electron chi connectivity index (χ3n) is 2.37. The number of nitro groups is 1. The summed E-state index contributed by atoms with van der Waals surface area (Å²) in [6.45, 7) is 1.69. The van der Waals surface area contributed by atoms with E-state index in [-0.39, 0.29) is 16.7 Å². The summed E-state index contributed by atoms with van der Waals surface area (Å²) in [6, 6.07) is 0. The van der Waals surface area contributed by atoms with Crippen molar-refractivity contribution < 1.29 is 14.4 Å². The van der Waals surface area contributed by atoms with Crippen molar-refractivity contribution >= 4 is 23.1 Å². The third-order valence-corrected chi connectivity index (χ3v) is 2.65. The molecule has 106 valence electrons. The van der Waals surface area contributed by atoms with E-state index in [9.17, 15) is 10.1 Å². The van der Waals surface area contributed by atoms with E-state index in [0.29, 0.717) is 26.3 Å². The Hall–Kier alpha value is -1.51. The predicted octanol–water partition coefficient (Wildman–Crippen LogP) is 1.14. The molecule has 0 bridgehead atoms. The van der Waals surface area contributed by atoms with Crippen molar-refractivity contribution in [3.8, 4) is 0 Å². The largest absolute Gasteiger partial charge is 0.383 e. The minimum atomic E-state index is -0.593. The van der Waals surface area contributed by atoms with Crippen LogP contribution in [0.25, 0.3) is 0 Å². The Morgan fingerprint density at radius 3 is 2.37 bits per heavy atom. The van der Waals surface area contributed by atoms with Gasteiger partial charge < -0.3 is 14.4 Å². The lowest BCUT2D eigenvalue weighted by atomic mass is 10.4. The number of nitrogens with zero attached hydrogens (tertiary/aromatic N) is 4. The number of rotatable bonds is 8. The number of aromatic nitrogens is 2. The van der Waals surface area contributed by atoms with Gasteiger partial charge >= 0.3 is 5.69 Å². The Labute approximate surface area is 115 Å². The van der Waals surface area contributed by atoms with Crippen molar-refractivity contribution in [2.24, 2.45) is 0 Å². The average Bonchev–Trinajstić information content (AvgIpc) is 2.38. The van der Waals surface area contributed by atoms with E-state index in [1.165, 1.54) is 6.33 Å². The molecule has 0 aliphatic heterocycles. The number of hydrogen-bond donors (Lipinski definition) is 0. The van der Waals surface area contributed by atoms with Crippen molar-refractivity contribution in [3.05, 3.63) is 21.6 Å². The van der Waals surface area contributed by atoms with E-state index in [2.05, 4.69) is 9.97 Å². The zero-order chi connectivity index (χ0) is 14.3. The molecule has 0 fully saturated rings. The van der Waals surface area contributed by atoms with Crippen LogP contribution in [0.3, 0.4) is 0 Å². The van der Waals surface area contributed by atoms with Gasteiger partial charge in [-0.05, 0) is 0 Å². The Kier molecular flexibility index (Phi) is 6.40. The van der Waals surface area contributed by atoms with Crippen molar-refractivity contribution in [1.29, 1.82) is 0 Å². The van der Waals surface area contributed by atoms with Crippen molar-refractivity contribution in [2.75, 3.05) is 45.4 Å². The van der Waals surface area contributed by atoms with E-state index >= 15 is 0 Å². The average molecular weight is 291 g/mol. The van der Waals surface area contributed by atoms with Gasteiger partial charge in [-0.25, -0.2) is 9.97 Å². The molecule has 0 aromatic carbocycles. The summed E-state index contributed by atoms with van der Waals surface area (Å²) in [7, 11) is 3.10. The molecule has 0 N–H and O–H groups in total. The SMILES string of the molecule is COCCN(CCOC)c1ncnc(Cl)c1[N+](=O)[O-]. The third kappa shape index (κ3) is 4.27. The molecule has 8 nitrogen and oxygen atoms in total. The quantitative estimate of drug-likeness (QED) is 0.403. The summed E-state index contributed by atoms with van der Waals surface area (Å²) in [5.41, 5.74) is -0.309. The molecule has 1 aromatic rings. The van der Waals surface area contributed by atoms with E-state index in [1.54, 1.807) is 19.1 Å². The molecule has 0 saturated heterocycles. The minimum absolute atomic E-state index is 0.166. The molecule has 9 heteroatoms. The first-order chi connectivity index (χ1) is 9.11. The minimum Gasteiger partial charge on any atom is -0.383 e. The fourth-order valence-electron chi connectivity index (χ4n) is 1.46. The van der Waals surface area contributed by atoms with Gasteiger partial charge in [-0.2, -0.15) is 0 Å². The van der Waals surface area contributed by atoms with Gasteiger partial charge in [0.25, 0.3) is 0 Å². The normalized spacial score (nSPS) is 10.5. The number of ether oxygens (including phenoxy) is 2. The van der Waals surface area contributed by atoms with Gasteiger partial charge in [0.2, 0.25) is 11.0 Å². The molecule has 1 rings (SSSR count). The van der Waals surface area contributed by atoms with Crippen molar-refractivity contribution in [3.63, 3.8) is 0 Å². The lowest BCUT2D eigenvalue weighted by Crippen LogP contribution is -2.32. The molecule has 0 aliphatic rings. The fourth-order valence-corrected chi connectivity index (χ4v) is 1.66. The molecule has 0 radical (unpaired) electrons. The summed E-state index contributed by atoms with van der Waals surface area (Å²) >= 11 is 5.75. The molecule has 0 atom stereocenters. The van der Waals surface area contributed by atoms with Crippen LogP contribution in [0.5, 0.6) is 0 Å². The van der Waals surface area contributed by atoms with Gasteiger partial charge in [-0.1, -0.05) is 11.6 Å². The lowest BCUT2D eigenvalue weighted by Gasteiger charge is -2.22. The second kappa shape index (κ2) is 7.82. The highest BCUT2D eigenvalue weighted by molar-refractivity contribution is 6.31. The standard InChI is InChI=1S/C10H15ClN4O4/c1-18-5-3-14(4-6-19-2)10-8(15(16)17)9(11)12-7-13-10/h7H,3-6H2,1-2H3. The van der Waals surface area contributed by atoms with E-state index in [1.807, 2.05) is 0 Å². The van der Waals surface area contributed by atoms with Crippen LogP contribution in [0.15, 0.2) is 6.33 Å². The number of hydrogen-bond acceptors (Lipinski definition) is 7. The van der Waals surface area contributed by atoms with Gasteiger partial charge in [-0.15, -0.1) is 0 Å². The second-order valence-corrected chi connectivity index (χ2v) is 3.92. The van der Waals surface area contributed by atoms with Crippen LogP contribution < -0.4 is 4.90 Å². The zero-order valence-electron chi connectivity index (χ0n) is 10.7. The zero-order valence-corrected chi connectivity index (χ0v) is 11.5. The van der Waals surface area contributed by atoms with Crippen LogP contribution in [-0.4, -0.2) is 55.4 Å². The summed E-state index contributed by atoms with van der Waals surface area (Å²) < 4.78 is 9.95. The van der Waals surface area contributed by atoms with Crippen molar-refractivity contribution in [1.82, 2.24) is 9.97 Å². The van der Waals surface area contributed by atoms with Crippen LogP contribution in [0.1, 0.15) is 0 Å². The molecular weight excluding hydrogens is 276 g/mol. The monoisotopic (exact) mass is 290 g/mol. The Balaban J connectivity index is 3.06. The highest BCUT2D eigenvalue weighted by atomic mass is 35.5. The van der Waals surface area contributed by atoms with Crippen molar-refractivity contribution in [2.45, 2.75) is 0 Å². The van der Waals surface area contributed by atoms with Gasteiger partial charge in [0.15, 0.2) is 0 Å². The first-order valence-corrected chi connectivity index (χ1v) is 5.87. The van der Waals surface area contributed by atoms with E-state index in [0.717, 1.165) is 0 Å².